The normalized spacial score (nSPS) is 15.1. The molecule has 172 valence electrons. The number of amides is 1. The first-order chi connectivity index (χ1) is 17.0. The minimum Gasteiger partial charge on any atom is -0.508 e. The quantitative estimate of drug-likeness (QED) is 0.399. The molecule has 6 heteroatoms. The number of phenolic OH excluding ortho intramolecular Hbond substituents is 1. The molecule has 0 saturated heterocycles. The van der Waals surface area contributed by atoms with Crippen molar-refractivity contribution < 1.29 is 14.3 Å². The van der Waals surface area contributed by atoms with Gasteiger partial charge in [-0.1, -0.05) is 72.8 Å². The molecule has 1 aliphatic heterocycles. The molecule has 1 aliphatic rings. The molecule has 1 aromatic heterocycles. The molecule has 0 saturated carbocycles. The molecule has 5 aromatic rings. The number of rotatable bonds is 4. The third kappa shape index (κ3) is 3.42. The van der Waals surface area contributed by atoms with Crippen LogP contribution >= 0.6 is 0 Å². The number of aromatic hydroxyl groups is 1. The number of hydrogen-bond donors (Lipinski definition) is 1. The average molecular weight is 463 g/mol. The Bertz CT molecular complexity index is 1630. The number of carbonyl (C=O) groups is 1. The van der Waals surface area contributed by atoms with Crippen molar-refractivity contribution in [2.75, 3.05) is 4.90 Å². The maximum absolute atomic E-state index is 13.7. The van der Waals surface area contributed by atoms with E-state index in [2.05, 4.69) is 24.3 Å². The number of aryl methyl sites for hydroxylation is 1. The van der Waals surface area contributed by atoms with E-state index < -0.39 is 11.7 Å². The first-order valence-corrected chi connectivity index (χ1v) is 11.4. The van der Waals surface area contributed by atoms with Gasteiger partial charge in [-0.15, -0.1) is 0 Å². The van der Waals surface area contributed by atoms with Gasteiger partial charge in [0.15, 0.2) is 5.58 Å². The fraction of sp³-hybridized carbons (Fsp3) is 0.103. The van der Waals surface area contributed by atoms with Crippen molar-refractivity contribution >= 4 is 22.7 Å². The summed E-state index contributed by atoms with van der Waals surface area (Å²) in [6.07, 6.45) is 0. The Hall–Kier alpha value is -4.58. The Balaban J connectivity index is 1.37. The van der Waals surface area contributed by atoms with Crippen LogP contribution in [0.1, 0.15) is 22.6 Å². The fourth-order valence-corrected chi connectivity index (χ4v) is 4.87. The predicted octanol–water partition coefficient (Wildman–Crippen LogP) is 5.18. The van der Waals surface area contributed by atoms with Crippen LogP contribution in [0.4, 0.5) is 5.69 Å². The van der Waals surface area contributed by atoms with Crippen molar-refractivity contribution in [3.05, 3.63) is 118 Å². The second-order valence-electron chi connectivity index (χ2n) is 8.78. The number of fused-ring (bicyclic) bond motifs is 2. The molecule has 0 fully saturated rings. The molecule has 1 unspecified atom stereocenters. The first-order valence-electron chi connectivity index (χ1n) is 11.4. The van der Waals surface area contributed by atoms with Gasteiger partial charge in [0.2, 0.25) is 5.91 Å². The Kier molecular flexibility index (Phi) is 4.81. The molecule has 0 radical (unpaired) electrons. The summed E-state index contributed by atoms with van der Waals surface area (Å²) in [5.74, 6) is -1.39. The topological polar surface area (TPSA) is 75.7 Å². The Morgan fingerprint density at radius 3 is 2.29 bits per heavy atom. The van der Waals surface area contributed by atoms with Crippen LogP contribution in [0, 0.1) is 0 Å². The minimum absolute atomic E-state index is 0.0453. The van der Waals surface area contributed by atoms with Gasteiger partial charge in [-0.25, -0.2) is 4.79 Å². The summed E-state index contributed by atoms with van der Waals surface area (Å²) in [5, 5.41) is 10.8. The number of benzene rings is 4. The summed E-state index contributed by atoms with van der Waals surface area (Å²) in [4.78, 5) is 27.4. The highest BCUT2D eigenvalue weighted by Crippen LogP contribution is 2.45. The number of hydrogen-bond acceptors (Lipinski definition) is 4. The fourth-order valence-electron chi connectivity index (χ4n) is 4.87. The first kappa shape index (κ1) is 21.0. The molecule has 4 aromatic carbocycles. The van der Waals surface area contributed by atoms with Crippen LogP contribution in [0.25, 0.3) is 22.2 Å². The minimum atomic E-state index is -0.690. The van der Waals surface area contributed by atoms with E-state index in [1.54, 1.807) is 18.0 Å². The summed E-state index contributed by atoms with van der Waals surface area (Å²) >= 11 is 0. The standard InChI is InChI=1S/C29H22N2O4/c1-30-24-16-25(32)22(15-26(24)35-29(30)34)27-21-9-5-6-10-23(21)31(28(27)33)17-18-11-13-20(14-12-18)19-7-3-2-4-8-19/h2-16,27,32H,17H2,1H3. The zero-order chi connectivity index (χ0) is 24.1. The number of carbonyl (C=O) groups excluding carboxylic acids is 1. The maximum Gasteiger partial charge on any atom is 0.419 e. The van der Waals surface area contributed by atoms with Crippen LogP contribution in [0.2, 0.25) is 0 Å². The summed E-state index contributed by atoms with van der Waals surface area (Å²) in [6, 6.07) is 29.0. The van der Waals surface area contributed by atoms with Crippen molar-refractivity contribution in [2.24, 2.45) is 7.05 Å². The number of oxazole rings is 1. The maximum atomic E-state index is 13.7. The largest absolute Gasteiger partial charge is 0.508 e. The van der Waals surface area contributed by atoms with Gasteiger partial charge in [0, 0.05) is 24.4 Å². The average Bonchev–Trinajstić information content (AvgIpc) is 3.32. The Labute approximate surface area is 201 Å². The third-order valence-electron chi connectivity index (χ3n) is 6.71. The van der Waals surface area contributed by atoms with E-state index in [-0.39, 0.29) is 11.7 Å². The molecule has 2 heterocycles. The summed E-state index contributed by atoms with van der Waals surface area (Å²) in [7, 11) is 1.58. The van der Waals surface area contributed by atoms with Crippen molar-refractivity contribution in [2.45, 2.75) is 12.5 Å². The lowest BCUT2D eigenvalue weighted by Crippen LogP contribution is -2.28. The number of aromatic nitrogens is 1. The third-order valence-corrected chi connectivity index (χ3v) is 6.71. The van der Waals surface area contributed by atoms with Gasteiger partial charge in [0.25, 0.3) is 0 Å². The summed E-state index contributed by atoms with van der Waals surface area (Å²) < 4.78 is 6.65. The van der Waals surface area contributed by atoms with Crippen LogP contribution < -0.4 is 10.7 Å². The molecule has 1 atom stereocenters. The van der Waals surface area contributed by atoms with Crippen LogP contribution in [-0.4, -0.2) is 15.6 Å². The van der Waals surface area contributed by atoms with E-state index in [0.717, 1.165) is 27.9 Å². The van der Waals surface area contributed by atoms with Crippen molar-refractivity contribution in [1.82, 2.24) is 4.57 Å². The SMILES string of the molecule is Cn1c(=O)oc2cc(C3C(=O)N(Cc4ccc(-c5ccccc5)cc4)c4ccccc43)c(O)cc21. The molecular formula is C29H22N2O4. The van der Waals surface area contributed by atoms with Crippen LogP contribution in [-0.2, 0) is 18.4 Å². The second kappa shape index (κ2) is 8.02. The van der Waals surface area contributed by atoms with Gasteiger partial charge < -0.3 is 14.4 Å². The summed E-state index contributed by atoms with van der Waals surface area (Å²) in [5.41, 5.74) is 6.11. The Morgan fingerprint density at radius 2 is 1.51 bits per heavy atom. The smallest absolute Gasteiger partial charge is 0.419 e. The molecule has 6 rings (SSSR count). The van der Waals surface area contributed by atoms with Crippen molar-refractivity contribution in [1.29, 1.82) is 0 Å². The van der Waals surface area contributed by atoms with Gasteiger partial charge in [-0.05, 0) is 34.4 Å². The highest BCUT2D eigenvalue weighted by atomic mass is 16.4. The molecular weight excluding hydrogens is 440 g/mol. The van der Waals surface area contributed by atoms with Crippen LogP contribution in [0.5, 0.6) is 5.75 Å². The lowest BCUT2D eigenvalue weighted by molar-refractivity contribution is -0.118. The lowest BCUT2D eigenvalue weighted by Gasteiger charge is -2.19. The highest BCUT2D eigenvalue weighted by molar-refractivity contribution is 6.07. The molecule has 1 amide bonds. The number of nitrogens with zero attached hydrogens (tertiary/aromatic N) is 2. The highest BCUT2D eigenvalue weighted by Gasteiger charge is 2.39. The van der Waals surface area contributed by atoms with E-state index in [1.807, 2.05) is 54.6 Å². The second-order valence-corrected chi connectivity index (χ2v) is 8.78. The van der Waals surface area contributed by atoms with Crippen molar-refractivity contribution in [3.63, 3.8) is 0 Å². The zero-order valence-corrected chi connectivity index (χ0v) is 19.0. The van der Waals surface area contributed by atoms with E-state index in [9.17, 15) is 14.7 Å². The molecule has 6 nitrogen and oxygen atoms in total. The molecule has 0 aliphatic carbocycles. The van der Waals surface area contributed by atoms with Gasteiger partial charge in [-0.3, -0.25) is 9.36 Å². The van der Waals surface area contributed by atoms with Gasteiger partial charge in [-0.2, -0.15) is 0 Å². The van der Waals surface area contributed by atoms with Gasteiger partial charge >= 0.3 is 5.76 Å². The lowest BCUT2D eigenvalue weighted by atomic mass is 9.91. The van der Waals surface area contributed by atoms with E-state index in [1.165, 1.54) is 10.6 Å². The molecule has 0 spiro atoms. The number of para-hydroxylation sites is 1. The predicted molar refractivity (Wildman–Crippen MR) is 134 cm³/mol. The van der Waals surface area contributed by atoms with Crippen LogP contribution in [0.15, 0.2) is 100 Å². The van der Waals surface area contributed by atoms with Crippen molar-refractivity contribution in [3.8, 4) is 16.9 Å². The van der Waals surface area contributed by atoms with Gasteiger partial charge in [0.1, 0.15) is 5.75 Å². The molecule has 0 bridgehead atoms. The number of anilines is 1. The van der Waals surface area contributed by atoms with Crippen LogP contribution in [0.3, 0.4) is 0 Å². The monoisotopic (exact) mass is 462 g/mol. The van der Waals surface area contributed by atoms with E-state index in [4.69, 9.17) is 4.42 Å². The van der Waals surface area contributed by atoms with Gasteiger partial charge in [0.05, 0.1) is 18.0 Å². The summed E-state index contributed by atoms with van der Waals surface area (Å²) in [6.45, 7) is 0.408. The van der Waals surface area contributed by atoms with E-state index >= 15 is 0 Å². The zero-order valence-electron chi connectivity index (χ0n) is 19.0. The molecule has 1 N–H and O–H groups in total. The van der Waals surface area contributed by atoms with E-state index in [0.29, 0.717) is 23.2 Å². The molecule has 35 heavy (non-hydrogen) atoms. The Morgan fingerprint density at radius 1 is 0.829 bits per heavy atom. The number of phenols is 1.